The molecule has 1 atom stereocenters. The van der Waals surface area contributed by atoms with Gasteiger partial charge in [0.15, 0.2) is 0 Å². The van der Waals surface area contributed by atoms with Crippen molar-refractivity contribution >= 4 is 11.6 Å². The van der Waals surface area contributed by atoms with Crippen molar-refractivity contribution in [1.82, 2.24) is 5.32 Å². The Bertz CT molecular complexity index is 560. The molecule has 1 amide bonds. The molecule has 9 heteroatoms. The number of alkyl halides is 6. The standard InChI is InChI=1S/C14H14F6N2O/c1-7(8-5-21-6-8)12(23)22-11-3-9(13(15,16)17)2-10(4-11)14(18,19)20/h2-4,7-8,21H,5-6H2,1H3,(H,22,23). The lowest BCUT2D eigenvalue weighted by atomic mass is 9.88. The molecule has 1 saturated heterocycles. The Kier molecular flexibility index (Phi) is 4.61. The van der Waals surface area contributed by atoms with E-state index in [4.69, 9.17) is 0 Å². The van der Waals surface area contributed by atoms with Crippen LogP contribution in [-0.4, -0.2) is 19.0 Å². The molecule has 1 aliphatic rings. The summed E-state index contributed by atoms with van der Waals surface area (Å²) in [4.78, 5) is 12.0. The molecule has 0 bridgehead atoms. The van der Waals surface area contributed by atoms with E-state index >= 15 is 0 Å². The van der Waals surface area contributed by atoms with Crippen LogP contribution in [0.4, 0.5) is 32.0 Å². The van der Waals surface area contributed by atoms with Gasteiger partial charge in [-0.1, -0.05) is 6.92 Å². The summed E-state index contributed by atoms with van der Waals surface area (Å²) in [5.41, 5.74) is -3.43. The highest BCUT2D eigenvalue weighted by molar-refractivity contribution is 5.92. The number of rotatable bonds is 3. The average Bonchev–Trinajstić information content (AvgIpc) is 2.34. The molecular weight excluding hydrogens is 326 g/mol. The maximum atomic E-state index is 12.7. The zero-order valence-corrected chi connectivity index (χ0v) is 12.0. The summed E-state index contributed by atoms with van der Waals surface area (Å²) in [5, 5.41) is 5.09. The third-order valence-electron chi connectivity index (χ3n) is 3.79. The van der Waals surface area contributed by atoms with E-state index in [1.807, 2.05) is 0 Å². The fourth-order valence-electron chi connectivity index (χ4n) is 2.16. The van der Waals surface area contributed by atoms with Crippen molar-refractivity contribution < 1.29 is 31.1 Å². The first-order valence-electron chi connectivity index (χ1n) is 6.79. The fraction of sp³-hybridized carbons (Fsp3) is 0.500. The van der Waals surface area contributed by atoms with Crippen LogP contribution >= 0.6 is 0 Å². The maximum absolute atomic E-state index is 12.7. The van der Waals surface area contributed by atoms with E-state index in [1.165, 1.54) is 0 Å². The van der Waals surface area contributed by atoms with E-state index in [-0.39, 0.29) is 12.0 Å². The van der Waals surface area contributed by atoms with Crippen LogP contribution in [0.25, 0.3) is 0 Å². The van der Waals surface area contributed by atoms with E-state index < -0.39 is 41.0 Å². The lowest BCUT2D eigenvalue weighted by Gasteiger charge is -2.31. The Morgan fingerprint density at radius 1 is 1.09 bits per heavy atom. The van der Waals surface area contributed by atoms with Crippen molar-refractivity contribution in [2.24, 2.45) is 11.8 Å². The summed E-state index contributed by atoms with van der Waals surface area (Å²) in [6.45, 7) is 2.76. The van der Waals surface area contributed by atoms with Gasteiger partial charge in [-0.25, -0.2) is 0 Å². The van der Waals surface area contributed by atoms with Gasteiger partial charge < -0.3 is 10.6 Å². The first-order valence-corrected chi connectivity index (χ1v) is 6.79. The van der Waals surface area contributed by atoms with Gasteiger partial charge in [-0.15, -0.1) is 0 Å². The SMILES string of the molecule is CC(C(=O)Nc1cc(C(F)(F)F)cc(C(F)(F)F)c1)C1CNC1. The summed E-state index contributed by atoms with van der Waals surface area (Å²) in [6.07, 6.45) is -9.88. The monoisotopic (exact) mass is 340 g/mol. The number of halogens is 6. The van der Waals surface area contributed by atoms with Crippen LogP contribution in [0.3, 0.4) is 0 Å². The molecule has 0 aliphatic carbocycles. The van der Waals surface area contributed by atoms with Gasteiger partial charge in [0.25, 0.3) is 0 Å². The van der Waals surface area contributed by atoms with Gasteiger partial charge in [0, 0.05) is 11.6 Å². The average molecular weight is 340 g/mol. The fourth-order valence-corrected chi connectivity index (χ4v) is 2.16. The summed E-state index contributed by atoms with van der Waals surface area (Å²) < 4.78 is 76.4. The summed E-state index contributed by atoms with van der Waals surface area (Å²) in [5.74, 6) is -1.10. The summed E-state index contributed by atoms with van der Waals surface area (Å²) >= 11 is 0. The van der Waals surface area contributed by atoms with E-state index in [2.05, 4.69) is 10.6 Å². The second-order valence-electron chi connectivity index (χ2n) is 5.49. The van der Waals surface area contributed by atoms with E-state index in [0.29, 0.717) is 25.2 Å². The molecule has 0 saturated carbocycles. The van der Waals surface area contributed by atoms with Gasteiger partial charge in [0.2, 0.25) is 5.91 Å². The molecule has 0 aromatic heterocycles. The number of hydrogen-bond acceptors (Lipinski definition) is 2. The Morgan fingerprint density at radius 3 is 1.91 bits per heavy atom. The Labute approximate surface area is 128 Å². The molecule has 128 valence electrons. The zero-order chi connectivity index (χ0) is 17.4. The van der Waals surface area contributed by atoms with Crippen LogP contribution in [0, 0.1) is 11.8 Å². The number of anilines is 1. The molecule has 1 aliphatic heterocycles. The van der Waals surface area contributed by atoms with Crippen molar-refractivity contribution in [1.29, 1.82) is 0 Å². The van der Waals surface area contributed by atoms with Crippen molar-refractivity contribution in [3.63, 3.8) is 0 Å². The number of carbonyl (C=O) groups is 1. The second-order valence-corrected chi connectivity index (χ2v) is 5.49. The van der Waals surface area contributed by atoms with Gasteiger partial charge in [-0.3, -0.25) is 4.79 Å². The molecule has 2 rings (SSSR count). The minimum absolute atomic E-state index is 0.0166. The lowest BCUT2D eigenvalue weighted by molar-refractivity contribution is -0.143. The van der Waals surface area contributed by atoms with E-state index in [1.54, 1.807) is 6.92 Å². The van der Waals surface area contributed by atoms with Gasteiger partial charge in [-0.2, -0.15) is 26.3 Å². The largest absolute Gasteiger partial charge is 0.416 e. The molecule has 1 aromatic carbocycles. The highest BCUT2D eigenvalue weighted by Crippen LogP contribution is 2.37. The van der Waals surface area contributed by atoms with Gasteiger partial charge >= 0.3 is 12.4 Å². The highest BCUT2D eigenvalue weighted by Gasteiger charge is 2.37. The van der Waals surface area contributed by atoms with Crippen molar-refractivity contribution in [2.45, 2.75) is 19.3 Å². The molecule has 0 spiro atoms. The summed E-state index contributed by atoms with van der Waals surface area (Å²) in [6, 6.07) is 1.02. The predicted molar refractivity (Wildman–Crippen MR) is 70.6 cm³/mol. The number of nitrogens with one attached hydrogen (secondary N) is 2. The Hall–Kier alpha value is -1.77. The quantitative estimate of drug-likeness (QED) is 0.827. The minimum atomic E-state index is -4.94. The van der Waals surface area contributed by atoms with Gasteiger partial charge in [0.1, 0.15) is 0 Å². The number of amides is 1. The van der Waals surface area contributed by atoms with Crippen molar-refractivity contribution in [3.8, 4) is 0 Å². The smallest absolute Gasteiger partial charge is 0.326 e. The van der Waals surface area contributed by atoms with Gasteiger partial charge in [0.05, 0.1) is 11.1 Å². The van der Waals surface area contributed by atoms with Crippen molar-refractivity contribution in [2.75, 3.05) is 18.4 Å². The van der Waals surface area contributed by atoms with Crippen LogP contribution < -0.4 is 10.6 Å². The van der Waals surface area contributed by atoms with Crippen LogP contribution in [0.1, 0.15) is 18.1 Å². The third kappa shape index (κ3) is 4.15. The van der Waals surface area contributed by atoms with Crippen LogP contribution in [0.15, 0.2) is 18.2 Å². The molecule has 1 fully saturated rings. The lowest BCUT2D eigenvalue weighted by Crippen LogP contribution is -2.48. The topological polar surface area (TPSA) is 41.1 Å². The first-order chi connectivity index (χ1) is 10.5. The predicted octanol–water partition coefficient (Wildman–Crippen LogP) is 3.52. The molecule has 3 nitrogen and oxygen atoms in total. The van der Waals surface area contributed by atoms with Crippen LogP contribution in [0.2, 0.25) is 0 Å². The molecule has 23 heavy (non-hydrogen) atoms. The first kappa shape index (κ1) is 17.6. The van der Waals surface area contributed by atoms with Crippen molar-refractivity contribution in [3.05, 3.63) is 29.3 Å². The number of benzene rings is 1. The van der Waals surface area contributed by atoms with E-state index in [0.717, 1.165) is 0 Å². The minimum Gasteiger partial charge on any atom is -0.326 e. The number of hydrogen-bond donors (Lipinski definition) is 2. The third-order valence-corrected chi connectivity index (χ3v) is 3.79. The maximum Gasteiger partial charge on any atom is 0.416 e. The Morgan fingerprint density at radius 2 is 1.57 bits per heavy atom. The highest BCUT2D eigenvalue weighted by atomic mass is 19.4. The molecule has 2 N–H and O–H groups in total. The van der Waals surface area contributed by atoms with Crippen LogP contribution in [0.5, 0.6) is 0 Å². The molecular formula is C14H14F6N2O. The zero-order valence-electron chi connectivity index (χ0n) is 12.0. The van der Waals surface area contributed by atoms with E-state index in [9.17, 15) is 31.1 Å². The van der Waals surface area contributed by atoms with Gasteiger partial charge in [-0.05, 0) is 37.2 Å². The molecule has 1 unspecified atom stereocenters. The second kappa shape index (κ2) is 6.03. The summed E-state index contributed by atoms with van der Waals surface area (Å²) in [7, 11) is 0. The molecule has 1 heterocycles. The molecule has 0 radical (unpaired) electrons. The Balaban J connectivity index is 2.28. The van der Waals surface area contributed by atoms with Crippen LogP contribution in [-0.2, 0) is 17.1 Å². The number of carbonyl (C=O) groups excluding carboxylic acids is 1. The molecule has 1 aromatic rings. The normalized spacial score (nSPS) is 17.5.